The van der Waals surface area contributed by atoms with Crippen LogP contribution in [0.4, 0.5) is 4.39 Å². The van der Waals surface area contributed by atoms with Crippen molar-refractivity contribution in [1.29, 1.82) is 0 Å². The molecule has 1 radical (unpaired) electrons. The van der Waals surface area contributed by atoms with Gasteiger partial charge in [-0.25, -0.2) is 4.39 Å². The van der Waals surface area contributed by atoms with Crippen LogP contribution in [0.15, 0.2) is 54.6 Å². The normalized spacial score (nSPS) is 12.4. The Morgan fingerprint density at radius 3 is 2.19 bits per heavy atom. The largest absolute Gasteiger partial charge is 0.207 e. The summed E-state index contributed by atoms with van der Waals surface area (Å²) < 4.78 is 12.7. The molecule has 1 unspecified atom stereocenters. The number of halogens is 1. The molecule has 2 rings (SSSR count). The lowest BCUT2D eigenvalue weighted by atomic mass is 9.94. The van der Waals surface area contributed by atoms with Gasteiger partial charge in [0.25, 0.3) is 0 Å². The second kappa shape index (κ2) is 4.93. The van der Waals surface area contributed by atoms with Crippen LogP contribution in [0, 0.1) is 12.7 Å². The summed E-state index contributed by atoms with van der Waals surface area (Å²) in [5, 5.41) is 0. The Morgan fingerprint density at radius 1 is 0.938 bits per heavy atom. The van der Waals surface area contributed by atoms with Crippen molar-refractivity contribution in [3.8, 4) is 0 Å². The molecular weight excluding hydrogens is 199 g/mol. The molecule has 0 aliphatic heterocycles. The van der Waals surface area contributed by atoms with Crippen LogP contribution < -0.4 is 0 Å². The standard InChI is InChI=1S/C15H14F/c1-12(14-5-3-2-4-6-14)11-13-7-9-15(16)10-8-13/h2-10,12H,1,11H2. The minimum Gasteiger partial charge on any atom is -0.207 e. The highest BCUT2D eigenvalue weighted by Gasteiger charge is 2.05. The molecule has 0 N–H and O–H groups in total. The van der Waals surface area contributed by atoms with Crippen molar-refractivity contribution in [3.63, 3.8) is 0 Å². The topological polar surface area (TPSA) is 0 Å². The lowest BCUT2D eigenvalue weighted by molar-refractivity contribution is 0.626. The van der Waals surface area contributed by atoms with Crippen LogP contribution in [0.25, 0.3) is 0 Å². The van der Waals surface area contributed by atoms with Gasteiger partial charge in [-0.15, -0.1) is 0 Å². The van der Waals surface area contributed by atoms with Crippen LogP contribution in [0.2, 0.25) is 0 Å². The summed E-state index contributed by atoms with van der Waals surface area (Å²) in [6.07, 6.45) is 0.838. The van der Waals surface area contributed by atoms with Gasteiger partial charge in [0.05, 0.1) is 0 Å². The van der Waals surface area contributed by atoms with Crippen LogP contribution >= 0.6 is 0 Å². The SMILES string of the molecule is [CH2]C(Cc1ccc(F)cc1)c1ccccc1. The fourth-order valence-electron chi connectivity index (χ4n) is 1.75. The van der Waals surface area contributed by atoms with E-state index in [1.807, 2.05) is 30.3 Å². The molecule has 2 aromatic rings. The predicted molar refractivity (Wildman–Crippen MR) is 64.6 cm³/mol. The lowest BCUT2D eigenvalue weighted by Crippen LogP contribution is -1.98. The Labute approximate surface area is 95.7 Å². The smallest absolute Gasteiger partial charge is 0.123 e. The van der Waals surface area contributed by atoms with E-state index < -0.39 is 0 Å². The van der Waals surface area contributed by atoms with Crippen molar-refractivity contribution in [1.82, 2.24) is 0 Å². The van der Waals surface area contributed by atoms with E-state index in [0.29, 0.717) is 0 Å². The molecule has 2 aromatic carbocycles. The molecule has 1 heteroatoms. The molecule has 16 heavy (non-hydrogen) atoms. The second-order valence-corrected chi connectivity index (χ2v) is 3.94. The molecule has 0 heterocycles. The first-order valence-electron chi connectivity index (χ1n) is 5.38. The molecule has 0 amide bonds. The van der Waals surface area contributed by atoms with Crippen LogP contribution in [-0.2, 0) is 6.42 Å². The van der Waals surface area contributed by atoms with Crippen molar-refractivity contribution in [2.45, 2.75) is 12.3 Å². The number of benzene rings is 2. The summed E-state index contributed by atoms with van der Waals surface area (Å²) in [4.78, 5) is 0. The molecule has 0 saturated carbocycles. The molecule has 0 saturated heterocycles. The van der Waals surface area contributed by atoms with Crippen molar-refractivity contribution in [2.75, 3.05) is 0 Å². The van der Waals surface area contributed by atoms with E-state index in [9.17, 15) is 4.39 Å². The van der Waals surface area contributed by atoms with Gasteiger partial charge in [0.15, 0.2) is 0 Å². The minimum absolute atomic E-state index is 0.191. The average Bonchev–Trinajstić information content (AvgIpc) is 2.33. The third-order valence-corrected chi connectivity index (χ3v) is 2.67. The van der Waals surface area contributed by atoms with Gasteiger partial charge in [0.1, 0.15) is 5.82 Å². The fraction of sp³-hybridized carbons (Fsp3) is 0.133. The Bertz CT molecular complexity index is 431. The highest BCUT2D eigenvalue weighted by atomic mass is 19.1. The Kier molecular flexibility index (Phi) is 3.35. The van der Waals surface area contributed by atoms with Gasteiger partial charge in [-0.2, -0.15) is 0 Å². The van der Waals surface area contributed by atoms with Gasteiger partial charge in [-0.1, -0.05) is 42.5 Å². The van der Waals surface area contributed by atoms with Crippen molar-refractivity contribution in [3.05, 3.63) is 78.5 Å². The zero-order chi connectivity index (χ0) is 11.4. The molecule has 0 bridgehead atoms. The third-order valence-electron chi connectivity index (χ3n) is 2.67. The van der Waals surface area contributed by atoms with E-state index >= 15 is 0 Å². The summed E-state index contributed by atoms with van der Waals surface area (Å²) in [5.41, 5.74) is 2.33. The zero-order valence-corrected chi connectivity index (χ0v) is 9.07. The zero-order valence-electron chi connectivity index (χ0n) is 9.07. The Balaban J connectivity index is 2.08. The van der Waals surface area contributed by atoms with Crippen LogP contribution in [-0.4, -0.2) is 0 Å². The molecule has 0 aliphatic carbocycles. The molecule has 0 nitrogen and oxygen atoms in total. The van der Waals surface area contributed by atoms with Gasteiger partial charge in [0, 0.05) is 0 Å². The van der Waals surface area contributed by atoms with E-state index in [1.165, 1.54) is 17.7 Å². The molecule has 0 aliphatic rings. The van der Waals surface area contributed by atoms with E-state index in [4.69, 9.17) is 0 Å². The van der Waals surface area contributed by atoms with E-state index in [1.54, 1.807) is 0 Å². The first-order valence-corrected chi connectivity index (χ1v) is 5.38. The van der Waals surface area contributed by atoms with Gasteiger partial charge in [-0.05, 0) is 42.5 Å². The molecule has 81 valence electrons. The maximum Gasteiger partial charge on any atom is 0.123 e. The first kappa shape index (κ1) is 10.9. The van der Waals surface area contributed by atoms with Gasteiger partial charge in [0.2, 0.25) is 0 Å². The van der Waals surface area contributed by atoms with Crippen LogP contribution in [0.3, 0.4) is 0 Å². The Morgan fingerprint density at radius 2 is 1.56 bits per heavy atom. The first-order chi connectivity index (χ1) is 7.75. The molecule has 0 fully saturated rings. The van der Waals surface area contributed by atoms with Crippen molar-refractivity contribution >= 4 is 0 Å². The van der Waals surface area contributed by atoms with Gasteiger partial charge >= 0.3 is 0 Å². The van der Waals surface area contributed by atoms with Crippen molar-refractivity contribution < 1.29 is 4.39 Å². The molecule has 1 atom stereocenters. The fourth-order valence-corrected chi connectivity index (χ4v) is 1.75. The summed E-state index contributed by atoms with van der Waals surface area (Å²) in [7, 11) is 0. The maximum atomic E-state index is 12.7. The molecular formula is C15H14F. The summed E-state index contributed by atoms with van der Waals surface area (Å²) in [5.74, 6) is 0.0238. The van der Waals surface area contributed by atoms with E-state index in [0.717, 1.165) is 12.0 Å². The highest BCUT2D eigenvalue weighted by Crippen LogP contribution is 2.19. The number of rotatable bonds is 3. The monoisotopic (exact) mass is 213 g/mol. The van der Waals surface area contributed by atoms with E-state index in [2.05, 4.69) is 19.1 Å². The summed E-state index contributed by atoms with van der Waals surface area (Å²) in [6, 6.07) is 16.8. The molecule has 0 spiro atoms. The number of hydrogen-bond acceptors (Lipinski definition) is 0. The summed E-state index contributed by atoms with van der Waals surface area (Å²) >= 11 is 0. The Hall–Kier alpha value is -1.63. The number of hydrogen-bond donors (Lipinski definition) is 0. The maximum absolute atomic E-state index is 12.7. The van der Waals surface area contributed by atoms with Crippen molar-refractivity contribution in [2.24, 2.45) is 0 Å². The van der Waals surface area contributed by atoms with E-state index in [-0.39, 0.29) is 11.7 Å². The summed E-state index contributed by atoms with van der Waals surface area (Å²) in [6.45, 7) is 4.13. The molecule has 0 aromatic heterocycles. The third kappa shape index (κ3) is 2.69. The predicted octanol–water partition coefficient (Wildman–Crippen LogP) is 3.99. The average molecular weight is 213 g/mol. The van der Waals surface area contributed by atoms with Gasteiger partial charge in [-0.3, -0.25) is 0 Å². The minimum atomic E-state index is -0.191. The highest BCUT2D eigenvalue weighted by molar-refractivity contribution is 5.25. The van der Waals surface area contributed by atoms with Gasteiger partial charge < -0.3 is 0 Å². The lowest BCUT2D eigenvalue weighted by Gasteiger charge is -2.11. The van der Waals surface area contributed by atoms with Crippen LogP contribution in [0.5, 0.6) is 0 Å². The quantitative estimate of drug-likeness (QED) is 0.723. The van der Waals surface area contributed by atoms with Crippen LogP contribution in [0.1, 0.15) is 17.0 Å². The second-order valence-electron chi connectivity index (χ2n) is 3.94.